The van der Waals surface area contributed by atoms with Crippen LogP contribution < -0.4 is 0 Å². The van der Waals surface area contributed by atoms with Crippen LogP contribution >= 0.6 is 0 Å². The van der Waals surface area contributed by atoms with Crippen molar-refractivity contribution >= 4 is 6.09 Å². The normalized spacial score (nSPS) is 25.3. The van der Waals surface area contributed by atoms with Crippen LogP contribution in [-0.4, -0.2) is 30.2 Å². The van der Waals surface area contributed by atoms with Crippen molar-refractivity contribution in [1.29, 1.82) is 0 Å². The van der Waals surface area contributed by atoms with E-state index in [0.717, 1.165) is 24.7 Å². The molecule has 1 aliphatic carbocycles. The quantitative estimate of drug-likeness (QED) is 0.721. The largest absolute Gasteiger partial charge is 0.447 e. The third-order valence-corrected chi connectivity index (χ3v) is 3.26. The average Bonchev–Trinajstić information content (AvgIpc) is 1.98. The second-order valence-corrected chi connectivity index (χ2v) is 5.17. The fraction of sp³-hybridized carbons (Fsp3) is 0.917. The minimum atomic E-state index is -0.183. The molecule has 88 valence electrons. The van der Waals surface area contributed by atoms with Crippen molar-refractivity contribution in [3.05, 3.63) is 0 Å². The van der Waals surface area contributed by atoms with E-state index in [1.54, 1.807) is 4.90 Å². The molecule has 0 bridgehead atoms. The number of rotatable bonds is 3. The summed E-state index contributed by atoms with van der Waals surface area (Å²) in [5.74, 6) is 1.51. The van der Waals surface area contributed by atoms with Gasteiger partial charge in [0.25, 0.3) is 0 Å². The summed E-state index contributed by atoms with van der Waals surface area (Å²) in [5.41, 5.74) is 0. The zero-order chi connectivity index (χ0) is 11.6. The molecule has 0 atom stereocenters. The Kier molecular flexibility index (Phi) is 4.00. The highest BCUT2D eigenvalue weighted by Gasteiger charge is 2.36. The van der Waals surface area contributed by atoms with Gasteiger partial charge in [0.2, 0.25) is 0 Å². The molecular weight excluding hydrogens is 190 g/mol. The summed E-state index contributed by atoms with van der Waals surface area (Å²) in [7, 11) is 1.84. The van der Waals surface area contributed by atoms with E-state index < -0.39 is 0 Å². The van der Waals surface area contributed by atoms with E-state index in [1.165, 1.54) is 0 Å². The lowest BCUT2D eigenvalue weighted by Crippen LogP contribution is -2.47. The van der Waals surface area contributed by atoms with Gasteiger partial charge in [-0.05, 0) is 38.5 Å². The highest BCUT2D eigenvalue weighted by Crippen LogP contribution is 2.36. The van der Waals surface area contributed by atoms with Gasteiger partial charge < -0.3 is 9.64 Å². The zero-order valence-corrected chi connectivity index (χ0v) is 10.5. The van der Waals surface area contributed by atoms with Gasteiger partial charge in [-0.3, -0.25) is 0 Å². The lowest BCUT2D eigenvalue weighted by molar-refractivity contribution is 0.0353. The fourth-order valence-electron chi connectivity index (χ4n) is 1.92. The lowest BCUT2D eigenvalue weighted by Gasteiger charge is -2.42. The Morgan fingerprint density at radius 1 is 1.27 bits per heavy atom. The molecule has 0 unspecified atom stereocenters. The predicted octanol–water partition coefficient (Wildman–Crippen LogP) is 2.90. The predicted molar refractivity (Wildman–Crippen MR) is 60.7 cm³/mol. The first-order chi connectivity index (χ1) is 6.91. The number of amides is 1. The zero-order valence-electron chi connectivity index (χ0n) is 10.5. The molecule has 0 spiro atoms. The van der Waals surface area contributed by atoms with E-state index in [-0.39, 0.29) is 12.2 Å². The maximum Gasteiger partial charge on any atom is 0.410 e. The molecule has 15 heavy (non-hydrogen) atoms. The molecule has 0 aromatic rings. The topological polar surface area (TPSA) is 29.5 Å². The molecule has 0 N–H and O–H groups in total. The number of carbonyl (C=O) groups is 1. The van der Waals surface area contributed by atoms with Gasteiger partial charge in [-0.25, -0.2) is 4.79 Å². The van der Waals surface area contributed by atoms with Crippen LogP contribution in [0.3, 0.4) is 0 Å². The van der Waals surface area contributed by atoms with Crippen LogP contribution in [0.2, 0.25) is 0 Å². The number of hydrogen-bond donors (Lipinski definition) is 0. The van der Waals surface area contributed by atoms with Crippen molar-refractivity contribution in [2.24, 2.45) is 11.8 Å². The standard InChI is InChI=1S/C12H23NO2/c1-8(2)10-6-11(7-10)13(5)12(14)15-9(3)4/h8-11H,6-7H2,1-5H3. The van der Waals surface area contributed by atoms with Crippen LogP contribution in [0.25, 0.3) is 0 Å². The molecule has 0 saturated heterocycles. The molecular formula is C12H23NO2. The first kappa shape index (κ1) is 12.3. The fourth-order valence-corrected chi connectivity index (χ4v) is 1.92. The van der Waals surface area contributed by atoms with E-state index in [0.29, 0.717) is 6.04 Å². The van der Waals surface area contributed by atoms with Gasteiger partial charge >= 0.3 is 6.09 Å². The summed E-state index contributed by atoms with van der Waals surface area (Å²) in [5, 5.41) is 0. The summed E-state index contributed by atoms with van der Waals surface area (Å²) in [6.45, 7) is 8.24. The number of carbonyl (C=O) groups excluding carboxylic acids is 1. The van der Waals surface area contributed by atoms with Gasteiger partial charge in [0, 0.05) is 13.1 Å². The van der Waals surface area contributed by atoms with Crippen LogP contribution in [0, 0.1) is 11.8 Å². The van der Waals surface area contributed by atoms with Crippen LogP contribution in [0.1, 0.15) is 40.5 Å². The lowest BCUT2D eigenvalue weighted by atomic mass is 9.73. The molecule has 0 radical (unpaired) electrons. The summed E-state index contributed by atoms with van der Waals surface area (Å²) in [6.07, 6.45) is 2.04. The summed E-state index contributed by atoms with van der Waals surface area (Å²) >= 11 is 0. The number of hydrogen-bond acceptors (Lipinski definition) is 2. The highest BCUT2D eigenvalue weighted by atomic mass is 16.6. The summed E-state index contributed by atoms with van der Waals surface area (Å²) in [6, 6.07) is 0.392. The van der Waals surface area contributed by atoms with E-state index in [1.807, 2.05) is 20.9 Å². The van der Waals surface area contributed by atoms with Gasteiger partial charge in [-0.1, -0.05) is 13.8 Å². The van der Waals surface area contributed by atoms with E-state index in [9.17, 15) is 4.79 Å². The van der Waals surface area contributed by atoms with Crippen molar-refractivity contribution < 1.29 is 9.53 Å². The molecule has 0 aromatic heterocycles. The highest BCUT2D eigenvalue weighted by molar-refractivity contribution is 5.68. The third kappa shape index (κ3) is 3.11. The monoisotopic (exact) mass is 213 g/mol. The molecule has 3 heteroatoms. The van der Waals surface area contributed by atoms with Gasteiger partial charge in [-0.15, -0.1) is 0 Å². The second kappa shape index (κ2) is 4.86. The molecule has 1 amide bonds. The van der Waals surface area contributed by atoms with Gasteiger partial charge in [0.05, 0.1) is 6.10 Å². The Bertz CT molecular complexity index is 220. The summed E-state index contributed by atoms with van der Waals surface area (Å²) < 4.78 is 5.15. The minimum absolute atomic E-state index is 0.0269. The van der Waals surface area contributed by atoms with Crippen LogP contribution in [0.5, 0.6) is 0 Å². The maximum absolute atomic E-state index is 11.6. The van der Waals surface area contributed by atoms with Crippen LogP contribution in [0.4, 0.5) is 4.79 Å². The Morgan fingerprint density at radius 3 is 2.20 bits per heavy atom. The molecule has 3 nitrogen and oxygen atoms in total. The van der Waals surface area contributed by atoms with Gasteiger partial charge in [-0.2, -0.15) is 0 Å². The SMILES string of the molecule is CC(C)OC(=O)N(C)C1CC(C(C)C)C1. The molecule has 0 aliphatic heterocycles. The third-order valence-electron chi connectivity index (χ3n) is 3.26. The second-order valence-electron chi connectivity index (χ2n) is 5.17. The number of nitrogens with zero attached hydrogens (tertiary/aromatic N) is 1. The van der Waals surface area contributed by atoms with Gasteiger partial charge in [0.15, 0.2) is 0 Å². The minimum Gasteiger partial charge on any atom is -0.447 e. The van der Waals surface area contributed by atoms with Gasteiger partial charge in [0.1, 0.15) is 0 Å². The Morgan fingerprint density at radius 2 is 1.80 bits per heavy atom. The molecule has 1 saturated carbocycles. The first-order valence-corrected chi connectivity index (χ1v) is 5.85. The molecule has 1 aliphatic rings. The Hall–Kier alpha value is -0.730. The van der Waals surface area contributed by atoms with Crippen molar-refractivity contribution in [2.75, 3.05) is 7.05 Å². The first-order valence-electron chi connectivity index (χ1n) is 5.85. The van der Waals surface area contributed by atoms with Crippen molar-refractivity contribution in [2.45, 2.75) is 52.7 Å². The van der Waals surface area contributed by atoms with E-state index in [2.05, 4.69) is 13.8 Å². The Labute approximate surface area is 92.8 Å². The van der Waals surface area contributed by atoms with Crippen LogP contribution in [-0.2, 0) is 4.74 Å². The molecule has 1 fully saturated rings. The Balaban J connectivity index is 2.31. The molecule has 0 aromatic carbocycles. The van der Waals surface area contributed by atoms with Crippen molar-refractivity contribution in [1.82, 2.24) is 4.90 Å². The summed E-state index contributed by atoms with van der Waals surface area (Å²) in [4.78, 5) is 13.3. The van der Waals surface area contributed by atoms with Crippen molar-refractivity contribution in [3.63, 3.8) is 0 Å². The van der Waals surface area contributed by atoms with Crippen LogP contribution in [0.15, 0.2) is 0 Å². The number of ether oxygens (including phenoxy) is 1. The van der Waals surface area contributed by atoms with E-state index in [4.69, 9.17) is 4.74 Å². The molecule has 0 heterocycles. The maximum atomic E-state index is 11.6. The average molecular weight is 213 g/mol. The van der Waals surface area contributed by atoms with E-state index >= 15 is 0 Å². The molecule has 1 rings (SSSR count). The smallest absolute Gasteiger partial charge is 0.410 e. The van der Waals surface area contributed by atoms with Crippen molar-refractivity contribution in [3.8, 4) is 0 Å².